The average molecular weight is 427 g/mol. The highest BCUT2D eigenvalue weighted by molar-refractivity contribution is 6.30. The van der Waals surface area contributed by atoms with Gasteiger partial charge in [0.2, 0.25) is 11.6 Å². The Bertz CT molecular complexity index is 1060. The van der Waals surface area contributed by atoms with Crippen LogP contribution in [0.15, 0.2) is 47.1 Å². The molecule has 0 spiro atoms. The van der Waals surface area contributed by atoms with Crippen LogP contribution in [0.4, 0.5) is 11.4 Å². The van der Waals surface area contributed by atoms with Gasteiger partial charge in [-0.2, -0.15) is 5.01 Å². The van der Waals surface area contributed by atoms with Gasteiger partial charge in [-0.1, -0.05) is 0 Å². The van der Waals surface area contributed by atoms with Gasteiger partial charge in [0.1, 0.15) is 5.57 Å². The summed E-state index contributed by atoms with van der Waals surface area (Å²) in [7, 11) is 4.48. The molecular weight excluding hydrogens is 406 g/mol. The minimum absolute atomic E-state index is 0.0877. The third kappa shape index (κ3) is 4.13. The van der Waals surface area contributed by atoms with Crippen LogP contribution >= 0.6 is 0 Å². The summed E-state index contributed by atoms with van der Waals surface area (Å²) in [5.74, 6) is 0.918. The van der Waals surface area contributed by atoms with Crippen molar-refractivity contribution in [2.75, 3.05) is 32.9 Å². The fourth-order valence-electron chi connectivity index (χ4n) is 3.05. The number of nitrogens with zero attached hydrogens (tertiary/aromatic N) is 3. The molecule has 1 aliphatic heterocycles. The van der Waals surface area contributed by atoms with Crippen LogP contribution in [0.5, 0.6) is 17.2 Å². The highest BCUT2D eigenvalue weighted by Gasteiger charge is 2.33. The van der Waals surface area contributed by atoms with Gasteiger partial charge in [-0.15, -0.1) is 5.10 Å². The van der Waals surface area contributed by atoms with E-state index in [1.54, 1.807) is 25.1 Å². The van der Waals surface area contributed by atoms with Gasteiger partial charge in [-0.25, -0.2) is 0 Å². The van der Waals surface area contributed by atoms with Crippen LogP contribution in [0.2, 0.25) is 0 Å². The summed E-state index contributed by atoms with van der Waals surface area (Å²) >= 11 is 0. The largest absolute Gasteiger partial charge is 0.493 e. The topological polar surface area (TPSA) is 113 Å². The molecule has 1 heterocycles. The SMILES string of the molecule is CCOC1=NN(c2ccc([N+](=O)[O-])cc2)C(=O)/C1=C/c1ccc(OC)c(OC)c1OC. The summed E-state index contributed by atoms with van der Waals surface area (Å²) in [5, 5.41) is 16.3. The van der Waals surface area contributed by atoms with Crippen LogP contribution in [0, 0.1) is 10.1 Å². The Kier molecular flexibility index (Phi) is 6.39. The second kappa shape index (κ2) is 9.16. The molecule has 0 saturated carbocycles. The number of non-ortho nitro benzene ring substituents is 1. The number of methoxy groups -OCH3 is 3. The summed E-state index contributed by atoms with van der Waals surface area (Å²) < 4.78 is 21.7. The van der Waals surface area contributed by atoms with Crippen molar-refractivity contribution in [3.8, 4) is 17.2 Å². The number of nitro benzene ring substituents is 1. The number of hydrogen-bond donors (Lipinski definition) is 0. The van der Waals surface area contributed by atoms with Gasteiger partial charge in [-0.3, -0.25) is 14.9 Å². The van der Waals surface area contributed by atoms with E-state index in [0.29, 0.717) is 35.1 Å². The summed E-state index contributed by atoms with van der Waals surface area (Å²) in [5.41, 5.74) is 1.04. The standard InChI is InChI=1S/C21H21N3O7/c1-5-31-20-16(12-13-6-11-17(28-2)19(30-4)18(13)29-3)21(25)23(22-20)14-7-9-15(10-8-14)24(26)27/h6-12H,5H2,1-4H3/b16-12+. The number of carbonyl (C=O) groups excluding carboxylic acids is 1. The van der Waals surface area contributed by atoms with Crippen molar-refractivity contribution in [1.82, 2.24) is 0 Å². The lowest BCUT2D eigenvalue weighted by atomic mass is 10.1. The first-order valence-electron chi connectivity index (χ1n) is 9.26. The summed E-state index contributed by atoms with van der Waals surface area (Å²) in [4.78, 5) is 23.5. The van der Waals surface area contributed by atoms with Gasteiger partial charge in [-0.05, 0) is 37.3 Å². The number of rotatable bonds is 7. The summed E-state index contributed by atoms with van der Waals surface area (Å²) in [6, 6.07) is 8.92. The molecule has 0 unspecified atom stereocenters. The fourth-order valence-corrected chi connectivity index (χ4v) is 3.05. The third-order valence-corrected chi connectivity index (χ3v) is 4.46. The maximum absolute atomic E-state index is 13.1. The highest BCUT2D eigenvalue weighted by atomic mass is 16.6. The molecule has 0 aromatic heterocycles. The van der Waals surface area contributed by atoms with E-state index >= 15 is 0 Å². The van der Waals surface area contributed by atoms with E-state index in [9.17, 15) is 14.9 Å². The zero-order valence-electron chi connectivity index (χ0n) is 17.4. The van der Waals surface area contributed by atoms with Crippen molar-refractivity contribution in [2.24, 2.45) is 5.10 Å². The zero-order chi connectivity index (χ0) is 22.5. The molecule has 162 valence electrons. The van der Waals surface area contributed by atoms with Crippen molar-refractivity contribution in [2.45, 2.75) is 6.92 Å². The van der Waals surface area contributed by atoms with Crippen molar-refractivity contribution in [3.05, 3.63) is 57.6 Å². The Balaban J connectivity index is 2.05. The molecule has 1 amide bonds. The van der Waals surface area contributed by atoms with Crippen LogP contribution in [0.25, 0.3) is 6.08 Å². The van der Waals surface area contributed by atoms with Gasteiger partial charge in [0.25, 0.3) is 11.6 Å². The van der Waals surface area contributed by atoms with E-state index in [4.69, 9.17) is 18.9 Å². The van der Waals surface area contributed by atoms with Crippen LogP contribution in [-0.2, 0) is 9.53 Å². The van der Waals surface area contributed by atoms with E-state index in [-0.39, 0.29) is 17.2 Å². The molecule has 10 heteroatoms. The monoisotopic (exact) mass is 427 g/mol. The third-order valence-electron chi connectivity index (χ3n) is 4.46. The van der Waals surface area contributed by atoms with Gasteiger partial charge in [0.15, 0.2) is 11.5 Å². The molecule has 10 nitrogen and oxygen atoms in total. The van der Waals surface area contributed by atoms with Crippen molar-refractivity contribution in [3.63, 3.8) is 0 Å². The smallest absolute Gasteiger partial charge is 0.284 e. The average Bonchev–Trinajstić information content (AvgIpc) is 3.08. The summed E-state index contributed by atoms with van der Waals surface area (Å²) in [6.45, 7) is 2.07. The lowest BCUT2D eigenvalue weighted by Gasteiger charge is -2.14. The van der Waals surface area contributed by atoms with E-state index in [1.807, 2.05) is 0 Å². The second-order valence-electron chi connectivity index (χ2n) is 6.21. The molecule has 2 aromatic rings. The Morgan fingerprint density at radius 3 is 2.26 bits per heavy atom. The minimum Gasteiger partial charge on any atom is -0.493 e. The lowest BCUT2D eigenvalue weighted by molar-refractivity contribution is -0.384. The van der Waals surface area contributed by atoms with E-state index in [2.05, 4.69) is 5.10 Å². The molecule has 31 heavy (non-hydrogen) atoms. The number of amides is 1. The number of ether oxygens (including phenoxy) is 4. The molecule has 2 aromatic carbocycles. The van der Waals surface area contributed by atoms with Gasteiger partial charge in [0.05, 0.1) is 38.5 Å². The van der Waals surface area contributed by atoms with Crippen LogP contribution < -0.4 is 19.2 Å². The highest BCUT2D eigenvalue weighted by Crippen LogP contribution is 2.41. The predicted octanol–water partition coefficient (Wildman–Crippen LogP) is 3.40. The number of nitro groups is 1. The maximum atomic E-state index is 13.1. The molecule has 0 atom stereocenters. The van der Waals surface area contributed by atoms with E-state index < -0.39 is 10.8 Å². The Morgan fingerprint density at radius 1 is 1.03 bits per heavy atom. The van der Waals surface area contributed by atoms with Gasteiger partial charge >= 0.3 is 0 Å². The van der Waals surface area contributed by atoms with E-state index in [0.717, 1.165) is 5.01 Å². The number of carbonyl (C=O) groups is 1. The zero-order valence-corrected chi connectivity index (χ0v) is 17.4. The molecule has 0 fully saturated rings. The first kappa shape index (κ1) is 21.6. The second-order valence-corrected chi connectivity index (χ2v) is 6.21. The molecule has 0 bridgehead atoms. The molecule has 3 rings (SSSR count). The Labute approximate surface area is 178 Å². The normalized spacial score (nSPS) is 14.5. The molecule has 0 radical (unpaired) electrons. The first-order valence-corrected chi connectivity index (χ1v) is 9.26. The molecule has 0 saturated heterocycles. The number of hydrogen-bond acceptors (Lipinski definition) is 8. The quantitative estimate of drug-likeness (QED) is 0.378. The molecule has 0 aliphatic carbocycles. The predicted molar refractivity (Wildman–Crippen MR) is 114 cm³/mol. The van der Waals surface area contributed by atoms with Crippen molar-refractivity contribution < 1.29 is 28.7 Å². The molecule has 0 N–H and O–H groups in total. The molecule has 1 aliphatic rings. The number of anilines is 1. The van der Waals surface area contributed by atoms with Crippen LogP contribution in [0.3, 0.4) is 0 Å². The van der Waals surface area contributed by atoms with Crippen molar-refractivity contribution in [1.29, 1.82) is 0 Å². The fraction of sp³-hybridized carbons (Fsp3) is 0.238. The van der Waals surface area contributed by atoms with Gasteiger partial charge in [0, 0.05) is 17.7 Å². The van der Waals surface area contributed by atoms with Crippen molar-refractivity contribution >= 4 is 29.3 Å². The van der Waals surface area contributed by atoms with E-state index in [1.165, 1.54) is 45.6 Å². The minimum atomic E-state index is -0.515. The van der Waals surface area contributed by atoms with Crippen LogP contribution in [0.1, 0.15) is 12.5 Å². The Hall–Kier alpha value is -4.08. The van der Waals surface area contributed by atoms with Crippen LogP contribution in [-0.4, -0.2) is 44.7 Å². The lowest BCUT2D eigenvalue weighted by Crippen LogP contribution is -2.21. The number of hydrazone groups is 1. The van der Waals surface area contributed by atoms with Gasteiger partial charge < -0.3 is 18.9 Å². The first-order chi connectivity index (χ1) is 14.9. The Morgan fingerprint density at radius 2 is 1.71 bits per heavy atom. The number of benzene rings is 2. The molecular formula is C21H21N3O7. The maximum Gasteiger partial charge on any atom is 0.284 e. The summed E-state index contributed by atoms with van der Waals surface area (Å²) in [6.07, 6.45) is 1.59.